The molecule has 0 heterocycles. The molecule has 18 heavy (non-hydrogen) atoms. The first-order chi connectivity index (χ1) is 8.43. The summed E-state index contributed by atoms with van der Waals surface area (Å²) >= 11 is 0. The lowest BCUT2D eigenvalue weighted by molar-refractivity contribution is -0.144. The molecule has 0 spiro atoms. The maximum absolute atomic E-state index is 11.4. The molecule has 0 amide bonds. The van der Waals surface area contributed by atoms with Gasteiger partial charge in [0.25, 0.3) is 0 Å². The van der Waals surface area contributed by atoms with Crippen molar-refractivity contribution in [3.05, 3.63) is 28.8 Å². The van der Waals surface area contributed by atoms with E-state index in [1.54, 1.807) is 13.0 Å². The van der Waals surface area contributed by atoms with Crippen molar-refractivity contribution in [2.75, 3.05) is 6.61 Å². The van der Waals surface area contributed by atoms with E-state index in [-0.39, 0.29) is 11.9 Å². The molecule has 0 aliphatic rings. The fraction of sp³-hybridized carbons (Fsp3) is 0.533. The quantitative estimate of drug-likeness (QED) is 0.817. The van der Waals surface area contributed by atoms with Crippen LogP contribution >= 0.6 is 0 Å². The molecular weight excluding hydrogens is 228 g/mol. The number of phenolic OH excluding ortho intramolecular Hbond substituents is 1. The Bertz CT molecular complexity index is 401. The van der Waals surface area contributed by atoms with Crippen LogP contribution in [0.5, 0.6) is 5.75 Å². The first kappa shape index (κ1) is 14.6. The summed E-state index contributed by atoms with van der Waals surface area (Å²) in [4.78, 5) is 11.4. The molecule has 0 fully saturated rings. The molecule has 1 rings (SSSR count). The zero-order valence-electron chi connectivity index (χ0n) is 11.6. The van der Waals surface area contributed by atoms with Gasteiger partial charge in [0.15, 0.2) is 0 Å². The zero-order valence-corrected chi connectivity index (χ0v) is 11.6. The second kappa shape index (κ2) is 6.43. The maximum atomic E-state index is 11.4. The highest BCUT2D eigenvalue weighted by molar-refractivity contribution is 5.69. The molecule has 3 nitrogen and oxygen atoms in total. The van der Waals surface area contributed by atoms with Gasteiger partial charge in [-0.1, -0.05) is 13.0 Å². The summed E-state index contributed by atoms with van der Waals surface area (Å²) in [5.74, 6) is 0.314. The van der Waals surface area contributed by atoms with Gasteiger partial charge in [-0.3, -0.25) is 4.79 Å². The molecular formula is C15H22O3. The van der Waals surface area contributed by atoms with Crippen LogP contribution in [0.1, 0.15) is 37.0 Å². The smallest absolute Gasteiger partial charge is 0.306 e. The van der Waals surface area contributed by atoms with Crippen LogP contribution in [-0.4, -0.2) is 17.7 Å². The normalized spacial score (nSPS) is 12.2. The largest absolute Gasteiger partial charge is 0.508 e. The van der Waals surface area contributed by atoms with E-state index < -0.39 is 0 Å². The van der Waals surface area contributed by atoms with E-state index >= 15 is 0 Å². The SMILES string of the molecule is CCOC(=O)CC(C)Cc1c(C)cc(C)cc1O. The predicted molar refractivity (Wildman–Crippen MR) is 71.7 cm³/mol. The molecule has 0 aromatic heterocycles. The van der Waals surface area contributed by atoms with Gasteiger partial charge in [-0.05, 0) is 55.9 Å². The molecule has 0 aliphatic carbocycles. The number of carbonyl (C=O) groups is 1. The third-order valence-electron chi connectivity index (χ3n) is 2.97. The Labute approximate surface area is 109 Å². The second-order valence-corrected chi connectivity index (χ2v) is 4.90. The third-order valence-corrected chi connectivity index (χ3v) is 2.97. The first-order valence-electron chi connectivity index (χ1n) is 6.38. The predicted octanol–water partition coefficient (Wildman–Crippen LogP) is 3.14. The van der Waals surface area contributed by atoms with Crippen molar-refractivity contribution >= 4 is 5.97 Å². The Morgan fingerprint density at radius 1 is 1.39 bits per heavy atom. The number of esters is 1. The van der Waals surface area contributed by atoms with Crippen molar-refractivity contribution in [2.24, 2.45) is 5.92 Å². The monoisotopic (exact) mass is 250 g/mol. The summed E-state index contributed by atoms with van der Waals surface area (Å²) < 4.78 is 4.93. The van der Waals surface area contributed by atoms with E-state index in [9.17, 15) is 9.90 Å². The number of phenols is 1. The summed E-state index contributed by atoms with van der Waals surface area (Å²) in [7, 11) is 0. The first-order valence-corrected chi connectivity index (χ1v) is 6.38. The van der Waals surface area contributed by atoms with Gasteiger partial charge < -0.3 is 9.84 Å². The molecule has 0 aliphatic heterocycles. The standard InChI is InChI=1S/C15H22O3/c1-5-18-15(17)9-11(3)7-13-12(4)6-10(2)8-14(13)16/h6,8,11,16H,5,7,9H2,1-4H3. The molecule has 1 N–H and O–H groups in total. The highest BCUT2D eigenvalue weighted by Crippen LogP contribution is 2.26. The number of rotatable bonds is 5. The number of aryl methyl sites for hydroxylation is 2. The molecule has 0 saturated heterocycles. The van der Waals surface area contributed by atoms with Gasteiger partial charge in [-0.15, -0.1) is 0 Å². The van der Waals surface area contributed by atoms with Gasteiger partial charge in [0.2, 0.25) is 0 Å². The van der Waals surface area contributed by atoms with Crippen LogP contribution in [0.2, 0.25) is 0 Å². The summed E-state index contributed by atoms with van der Waals surface area (Å²) in [5, 5.41) is 9.94. The summed E-state index contributed by atoms with van der Waals surface area (Å²) in [6.07, 6.45) is 1.08. The number of hydrogen-bond acceptors (Lipinski definition) is 3. The highest BCUT2D eigenvalue weighted by Gasteiger charge is 2.14. The number of ether oxygens (including phenoxy) is 1. The second-order valence-electron chi connectivity index (χ2n) is 4.90. The summed E-state index contributed by atoms with van der Waals surface area (Å²) in [6.45, 7) is 8.16. The van der Waals surface area contributed by atoms with E-state index in [1.807, 2.05) is 26.8 Å². The molecule has 0 radical (unpaired) electrons. The molecule has 1 atom stereocenters. The van der Waals surface area contributed by atoms with Crippen molar-refractivity contribution < 1.29 is 14.6 Å². The van der Waals surface area contributed by atoms with Crippen LogP contribution in [-0.2, 0) is 16.0 Å². The van der Waals surface area contributed by atoms with E-state index in [0.29, 0.717) is 25.2 Å². The van der Waals surface area contributed by atoms with Gasteiger partial charge in [0, 0.05) is 6.42 Å². The molecule has 1 aromatic rings. The van der Waals surface area contributed by atoms with Crippen LogP contribution in [0.4, 0.5) is 0 Å². The Hall–Kier alpha value is -1.51. The lowest BCUT2D eigenvalue weighted by Gasteiger charge is -2.14. The number of hydrogen-bond donors (Lipinski definition) is 1. The van der Waals surface area contributed by atoms with Crippen molar-refractivity contribution in [1.82, 2.24) is 0 Å². The minimum atomic E-state index is -0.172. The minimum Gasteiger partial charge on any atom is -0.508 e. The highest BCUT2D eigenvalue weighted by atomic mass is 16.5. The van der Waals surface area contributed by atoms with Crippen LogP contribution < -0.4 is 0 Å². The fourth-order valence-electron chi connectivity index (χ4n) is 2.17. The third kappa shape index (κ3) is 4.06. The van der Waals surface area contributed by atoms with Crippen LogP contribution in [0.3, 0.4) is 0 Å². The van der Waals surface area contributed by atoms with E-state index in [0.717, 1.165) is 16.7 Å². The van der Waals surface area contributed by atoms with Gasteiger partial charge in [-0.2, -0.15) is 0 Å². The van der Waals surface area contributed by atoms with Gasteiger partial charge in [0.1, 0.15) is 5.75 Å². The Morgan fingerprint density at radius 2 is 2.06 bits per heavy atom. The fourth-order valence-corrected chi connectivity index (χ4v) is 2.17. The Balaban J connectivity index is 2.70. The van der Waals surface area contributed by atoms with E-state index in [2.05, 4.69) is 0 Å². The molecule has 0 bridgehead atoms. The lowest BCUT2D eigenvalue weighted by atomic mass is 9.93. The average Bonchev–Trinajstić information content (AvgIpc) is 2.23. The van der Waals surface area contributed by atoms with Crippen LogP contribution in [0.25, 0.3) is 0 Å². The van der Waals surface area contributed by atoms with Crippen LogP contribution in [0.15, 0.2) is 12.1 Å². The average molecular weight is 250 g/mol. The molecule has 3 heteroatoms. The zero-order chi connectivity index (χ0) is 13.7. The molecule has 1 unspecified atom stereocenters. The van der Waals surface area contributed by atoms with E-state index in [4.69, 9.17) is 4.74 Å². The van der Waals surface area contributed by atoms with Crippen molar-refractivity contribution in [3.63, 3.8) is 0 Å². The molecule has 100 valence electrons. The molecule has 1 aromatic carbocycles. The van der Waals surface area contributed by atoms with Crippen molar-refractivity contribution in [2.45, 2.75) is 40.5 Å². The lowest BCUT2D eigenvalue weighted by Crippen LogP contribution is -2.11. The Kier molecular flexibility index (Phi) is 5.20. The molecule has 0 saturated carbocycles. The van der Waals surface area contributed by atoms with Crippen molar-refractivity contribution in [3.8, 4) is 5.75 Å². The number of carbonyl (C=O) groups excluding carboxylic acids is 1. The number of benzene rings is 1. The summed E-state index contributed by atoms with van der Waals surface area (Å²) in [5.41, 5.74) is 3.05. The Morgan fingerprint density at radius 3 is 2.61 bits per heavy atom. The summed E-state index contributed by atoms with van der Waals surface area (Å²) in [6, 6.07) is 3.81. The maximum Gasteiger partial charge on any atom is 0.306 e. The van der Waals surface area contributed by atoms with Crippen LogP contribution in [0, 0.1) is 19.8 Å². The minimum absolute atomic E-state index is 0.163. The number of aromatic hydroxyl groups is 1. The van der Waals surface area contributed by atoms with Crippen molar-refractivity contribution in [1.29, 1.82) is 0 Å². The van der Waals surface area contributed by atoms with Gasteiger partial charge in [0.05, 0.1) is 6.61 Å². The van der Waals surface area contributed by atoms with Gasteiger partial charge in [-0.25, -0.2) is 0 Å². The van der Waals surface area contributed by atoms with Gasteiger partial charge >= 0.3 is 5.97 Å². The topological polar surface area (TPSA) is 46.5 Å². The van der Waals surface area contributed by atoms with E-state index in [1.165, 1.54) is 0 Å².